The average molecular weight is 218 g/mol. The number of rotatable bonds is 0. The van der Waals surface area contributed by atoms with Crippen LogP contribution in [0.25, 0.3) is 5.57 Å². The van der Waals surface area contributed by atoms with Crippen LogP contribution in [0.2, 0.25) is 0 Å². The summed E-state index contributed by atoms with van der Waals surface area (Å²) in [6, 6.07) is 2.12. The summed E-state index contributed by atoms with van der Waals surface area (Å²) >= 11 is 1.90. The van der Waals surface area contributed by atoms with Crippen LogP contribution < -0.4 is 0 Å². The Morgan fingerprint density at radius 3 is 2.93 bits per heavy atom. The van der Waals surface area contributed by atoms with Gasteiger partial charge in [-0.3, -0.25) is 0 Å². The van der Waals surface area contributed by atoms with E-state index in [4.69, 9.17) is 4.42 Å². The predicted molar refractivity (Wildman–Crippen MR) is 64.7 cm³/mol. The fourth-order valence-electron chi connectivity index (χ4n) is 2.74. The summed E-state index contributed by atoms with van der Waals surface area (Å²) in [5, 5.41) is 0. The smallest absolute Gasteiger partial charge is 0.128 e. The molecule has 0 N–H and O–H groups in total. The van der Waals surface area contributed by atoms with E-state index in [2.05, 4.69) is 32.6 Å². The molecule has 0 aromatic carbocycles. The van der Waals surface area contributed by atoms with Crippen molar-refractivity contribution >= 4 is 17.3 Å². The topological polar surface area (TPSA) is 13.1 Å². The van der Waals surface area contributed by atoms with Gasteiger partial charge in [0.1, 0.15) is 11.5 Å². The number of allylic oxidation sites excluding steroid dienone is 3. The molecule has 0 saturated heterocycles. The predicted octanol–water partition coefficient (Wildman–Crippen LogP) is 4.10. The van der Waals surface area contributed by atoms with E-state index in [0.29, 0.717) is 5.92 Å². The van der Waals surface area contributed by atoms with Gasteiger partial charge < -0.3 is 4.42 Å². The molecule has 0 amide bonds. The highest BCUT2D eigenvalue weighted by Crippen LogP contribution is 2.62. The molecular formula is C13H14OS. The third kappa shape index (κ3) is 1.01. The summed E-state index contributed by atoms with van der Waals surface area (Å²) in [7, 11) is 0. The van der Waals surface area contributed by atoms with Crippen molar-refractivity contribution in [3.8, 4) is 0 Å². The number of hydrogen-bond acceptors (Lipinski definition) is 2. The van der Waals surface area contributed by atoms with E-state index in [-0.39, 0.29) is 4.75 Å². The van der Waals surface area contributed by atoms with E-state index in [9.17, 15) is 0 Å². The summed E-state index contributed by atoms with van der Waals surface area (Å²) < 4.78 is 5.91. The lowest BCUT2D eigenvalue weighted by Gasteiger charge is -2.22. The lowest BCUT2D eigenvalue weighted by atomic mass is 9.93. The Kier molecular flexibility index (Phi) is 1.63. The normalized spacial score (nSPS) is 32.9. The van der Waals surface area contributed by atoms with Gasteiger partial charge in [0.05, 0.1) is 4.75 Å². The van der Waals surface area contributed by atoms with Crippen molar-refractivity contribution in [2.75, 3.05) is 0 Å². The van der Waals surface area contributed by atoms with Crippen molar-refractivity contribution in [3.05, 3.63) is 40.7 Å². The minimum absolute atomic E-state index is 0.0603. The van der Waals surface area contributed by atoms with E-state index >= 15 is 0 Å². The SMILES string of the molecule is C=C1c2cc(C)oc2C2(C)SC(C)=CC12. The number of hydrogen-bond donors (Lipinski definition) is 0. The van der Waals surface area contributed by atoms with E-state index in [1.54, 1.807) is 0 Å². The highest BCUT2D eigenvalue weighted by molar-refractivity contribution is 8.04. The highest BCUT2D eigenvalue weighted by atomic mass is 32.2. The molecule has 1 nitrogen and oxygen atoms in total. The van der Waals surface area contributed by atoms with E-state index in [1.165, 1.54) is 16.0 Å². The van der Waals surface area contributed by atoms with Crippen LogP contribution in [0.4, 0.5) is 0 Å². The molecule has 0 fully saturated rings. The first-order chi connectivity index (χ1) is 7.02. The van der Waals surface area contributed by atoms with Crippen LogP contribution in [0.1, 0.15) is 30.9 Å². The Labute approximate surface area is 94.2 Å². The van der Waals surface area contributed by atoms with Gasteiger partial charge in [-0.05, 0) is 37.3 Å². The molecule has 1 aromatic rings. The van der Waals surface area contributed by atoms with Crippen LogP contribution in [0, 0.1) is 12.8 Å². The fraction of sp³-hybridized carbons (Fsp3) is 0.385. The molecule has 2 heterocycles. The van der Waals surface area contributed by atoms with Gasteiger partial charge in [-0.25, -0.2) is 0 Å². The van der Waals surface area contributed by atoms with Crippen LogP contribution in [-0.2, 0) is 4.75 Å². The van der Waals surface area contributed by atoms with Crippen molar-refractivity contribution in [2.24, 2.45) is 5.92 Å². The first kappa shape index (κ1) is 9.34. The standard InChI is InChI=1S/C13H14OS/c1-7-5-10-9(3)11-6-8(2)15-13(11,4)12(10)14-7/h5-6,11H,3H2,1-2,4H3. The summed E-state index contributed by atoms with van der Waals surface area (Å²) in [5.41, 5.74) is 2.45. The second-order valence-corrected chi connectivity index (χ2v) is 6.29. The molecule has 0 bridgehead atoms. The Bertz CT molecular complexity index is 495. The molecular weight excluding hydrogens is 204 g/mol. The summed E-state index contributed by atoms with van der Waals surface area (Å²) in [4.78, 5) is 1.38. The Balaban J connectivity index is 2.22. The molecule has 3 rings (SSSR count). The number of thioether (sulfide) groups is 1. The Morgan fingerprint density at radius 2 is 2.20 bits per heavy atom. The van der Waals surface area contributed by atoms with E-state index in [1.807, 2.05) is 18.7 Å². The van der Waals surface area contributed by atoms with Gasteiger partial charge in [0.2, 0.25) is 0 Å². The molecule has 2 aliphatic rings. The van der Waals surface area contributed by atoms with Crippen LogP contribution in [0.3, 0.4) is 0 Å². The largest absolute Gasteiger partial charge is 0.464 e. The van der Waals surface area contributed by atoms with Gasteiger partial charge in [0, 0.05) is 11.5 Å². The zero-order valence-corrected chi connectivity index (χ0v) is 10.1. The lowest BCUT2D eigenvalue weighted by Crippen LogP contribution is -2.17. The summed E-state index contributed by atoms with van der Waals surface area (Å²) in [6.07, 6.45) is 2.32. The first-order valence-corrected chi connectivity index (χ1v) is 6.01. The molecule has 0 spiro atoms. The third-order valence-electron chi connectivity index (χ3n) is 3.40. The minimum atomic E-state index is 0.0603. The highest BCUT2D eigenvalue weighted by Gasteiger charge is 2.51. The molecule has 1 aromatic heterocycles. The van der Waals surface area contributed by atoms with Gasteiger partial charge >= 0.3 is 0 Å². The van der Waals surface area contributed by atoms with Crippen molar-refractivity contribution in [1.29, 1.82) is 0 Å². The van der Waals surface area contributed by atoms with Crippen molar-refractivity contribution in [1.82, 2.24) is 0 Å². The molecule has 0 radical (unpaired) electrons. The number of furan rings is 1. The zero-order chi connectivity index (χ0) is 10.8. The van der Waals surface area contributed by atoms with Crippen LogP contribution in [-0.4, -0.2) is 0 Å². The van der Waals surface area contributed by atoms with Crippen molar-refractivity contribution < 1.29 is 4.42 Å². The maximum absolute atomic E-state index is 5.85. The minimum Gasteiger partial charge on any atom is -0.464 e. The summed E-state index contributed by atoms with van der Waals surface area (Å²) in [6.45, 7) is 10.6. The van der Waals surface area contributed by atoms with Crippen molar-refractivity contribution in [2.45, 2.75) is 25.5 Å². The first-order valence-electron chi connectivity index (χ1n) is 5.20. The quantitative estimate of drug-likeness (QED) is 0.650. The maximum atomic E-state index is 5.85. The average Bonchev–Trinajstić information content (AvgIpc) is 2.71. The second-order valence-electron chi connectivity index (χ2n) is 4.59. The van der Waals surface area contributed by atoms with Crippen LogP contribution in [0.5, 0.6) is 0 Å². The summed E-state index contributed by atoms with van der Waals surface area (Å²) in [5.74, 6) is 2.54. The van der Waals surface area contributed by atoms with Crippen molar-refractivity contribution in [3.63, 3.8) is 0 Å². The van der Waals surface area contributed by atoms with Gasteiger partial charge in [-0.15, -0.1) is 11.8 Å². The monoisotopic (exact) mass is 218 g/mol. The lowest BCUT2D eigenvalue weighted by molar-refractivity contribution is 0.427. The molecule has 1 aliphatic carbocycles. The molecule has 15 heavy (non-hydrogen) atoms. The van der Waals surface area contributed by atoms with E-state index in [0.717, 1.165) is 11.5 Å². The number of aryl methyl sites for hydroxylation is 1. The number of fused-ring (bicyclic) bond motifs is 3. The maximum Gasteiger partial charge on any atom is 0.128 e. The van der Waals surface area contributed by atoms with E-state index < -0.39 is 0 Å². The molecule has 78 valence electrons. The molecule has 1 aliphatic heterocycles. The molecule has 0 saturated carbocycles. The van der Waals surface area contributed by atoms with Gasteiger partial charge in [-0.1, -0.05) is 12.7 Å². The third-order valence-corrected chi connectivity index (χ3v) is 4.72. The zero-order valence-electron chi connectivity index (χ0n) is 9.26. The Morgan fingerprint density at radius 1 is 1.47 bits per heavy atom. The molecule has 2 heteroatoms. The molecule has 2 atom stereocenters. The fourth-order valence-corrected chi connectivity index (χ4v) is 4.19. The van der Waals surface area contributed by atoms with Gasteiger partial charge in [0.15, 0.2) is 0 Å². The van der Waals surface area contributed by atoms with Gasteiger partial charge in [-0.2, -0.15) is 0 Å². The van der Waals surface area contributed by atoms with Crippen LogP contribution >= 0.6 is 11.8 Å². The van der Waals surface area contributed by atoms with Gasteiger partial charge in [0.25, 0.3) is 0 Å². The molecule has 2 unspecified atom stereocenters. The Hall–Kier alpha value is -0.890. The van der Waals surface area contributed by atoms with Crippen LogP contribution in [0.15, 0.2) is 28.0 Å². The second kappa shape index (κ2) is 2.62.